The first kappa shape index (κ1) is 21.6. The first-order valence-corrected chi connectivity index (χ1v) is 9.11. The van der Waals surface area contributed by atoms with Crippen molar-refractivity contribution in [3.63, 3.8) is 0 Å². The van der Waals surface area contributed by atoms with Crippen molar-refractivity contribution < 1.29 is 19.1 Å². The molecule has 7 heteroatoms. The highest BCUT2D eigenvalue weighted by molar-refractivity contribution is 5.90. The molecule has 29 heavy (non-hydrogen) atoms. The average molecular weight is 393 g/mol. The number of esters is 1. The van der Waals surface area contributed by atoms with Gasteiger partial charge in [-0.1, -0.05) is 48.5 Å². The molecule has 2 rings (SSSR count). The maximum atomic E-state index is 12.9. The van der Waals surface area contributed by atoms with Crippen LogP contribution in [0.2, 0.25) is 0 Å². The Morgan fingerprint density at radius 3 is 2.24 bits per heavy atom. The van der Waals surface area contributed by atoms with Crippen LogP contribution in [0.25, 0.3) is 0 Å². The number of nitrogens with zero attached hydrogens (tertiary/aromatic N) is 1. The van der Waals surface area contributed by atoms with Crippen LogP contribution in [0.5, 0.6) is 0 Å². The monoisotopic (exact) mass is 393 g/mol. The largest absolute Gasteiger partial charge is 0.467 e. The summed E-state index contributed by atoms with van der Waals surface area (Å²) in [5, 5.41) is 14.5. The lowest BCUT2D eigenvalue weighted by atomic mass is 10.00. The summed E-state index contributed by atoms with van der Waals surface area (Å²) >= 11 is 0. The van der Waals surface area contributed by atoms with E-state index in [-0.39, 0.29) is 18.7 Å². The third-order valence-corrected chi connectivity index (χ3v) is 4.34. The SMILES string of the molecule is COC(=O)[C@@H](Cc1ccccc1C#N)NC(=O)[C@H](Cc1ccccc1)NC(C)=O. The Bertz CT molecular complexity index is 906. The van der Waals surface area contributed by atoms with Crippen LogP contribution in [0.15, 0.2) is 54.6 Å². The van der Waals surface area contributed by atoms with Crippen LogP contribution in [0.4, 0.5) is 0 Å². The number of nitrogens with one attached hydrogen (secondary N) is 2. The van der Waals surface area contributed by atoms with Crippen molar-refractivity contribution in [2.24, 2.45) is 0 Å². The molecule has 0 aliphatic carbocycles. The Balaban J connectivity index is 2.20. The van der Waals surface area contributed by atoms with Gasteiger partial charge in [0.05, 0.1) is 18.7 Å². The van der Waals surface area contributed by atoms with Crippen LogP contribution in [-0.2, 0) is 32.0 Å². The predicted octanol–water partition coefficient (Wildman–Crippen LogP) is 1.51. The van der Waals surface area contributed by atoms with E-state index in [0.29, 0.717) is 11.1 Å². The van der Waals surface area contributed by atoms with Crippen LogP contribution in [0, 0.1) is 11.3 Å². The lowest BCUT2D eigenvalue weighted by Gasteiger charge is -2.22. The first-order chi connectivity index (χ1) is 13.9. The number of methoxy groups -OCH3 is 1. The first-order valence-electron chi connectivity index (χ1n) is 9.11. The predicted molar refractivity (Wildman–Crippen MR) is 107 cm³/mol. The quantitative estimate of drug-likeness (QED) is 0.661. The minimum Gasteiger partial charge on any atom is -0.467 e. The summed E-state index contributed by atoms with van der Waals surface area (Å²) in [6.07, 6.45) is 0.370. The van der Waals surface area contributed by atoms with E-state index in [0.717, 1.165) is 5.56 Å². The molecular formula is C22H23N3O4. The zero-order chi connectivity index (χ0) is 21.2. The van der Waals surface area contributed by atoms with Crippen molar-refractivity contribution in [3.05, 3.63) is 71.3 Å². The summed E-state index contributed by atoms with van der Waals surface area (Å²) in [6, 6.07) is 16.3. The van der Waals surface area contributed by atoms with Gasteiger partial charge in [-0.15, -0.1) is 0 Å². The van der Waals surface area contributed by atoms with Crippen LogP contribution < -0.4 is 10.6 Å². The summed E-state index contributed by atoms with van der Waals surface area (Å²) in [5.41, 5.74) is 1.90. The number of ether oxygens (including phenoxy) is 1. The van der Waals surface area contributed by atoms with E-state index < -0.39 is 24.0 Å². The lowest BCUT2D eigenvalue weighted by Crippen LogP contribution is -2.53. The van der Waals surface area contributed by atoms with E-state index in [1.54, 1.807) is 24.3 Å². The molecule has 2 amide bonds. The lowest BCUT2D eigenvalue weighted by molar-refractivity contribution is -0.145. The molecule has 0 radical (unpaired) electrons. The maximum Gasteiger partial charge on any atom is 0.328 e. The zero-order valence-electron chi connectivity index (χ0n) is 16.3. The third kappa shape index (κ3) is 6.47. The van der Waals surface area contributed by atoms with Gasteiger partial charge in [0.25, 0.3) is 0 Å². The number of amides is 2. The van der Waals surface area contributed by atoms with Crippen molar-refractivity contribution in [1.29, 1.82) is 5.26 Å². The molecule has 0 aliphatic rings. The Hall–Kier alpha value is -3.66. The fourth-order valence-corrected chi connectivity index (χ4v) is 2.94. The minimum atomic E-state index is -0.992. The van der Waals surface area contributed by atoms with Crippen molar-refractivity contribution in [3.8, 4) is 6.07 Å². The second kappa shape index (κ2) is 10.6. The van der Waals surface area contributed by atoms with Crippen molar-refractivity contribution in [1.82, 2.24) is 10.6 Å². The van der Waals surface area contributed by atoms with Gasteiger partial charge in [0.1, 0.15) is 12.1 Å². The van der Waals surface area contributed by atoms with Gasteiger partial charge in [-0.05, 0) is 17.2 Å². The highest BCUT2D eigenvalue weighted by atomic mass is 16.5. The van der Waals surface area contributed by atoms with Crippen LogP contribution in [-0.4, -0.2) is 37.0 Å². The Morgan fingerprint density at radius 2 is 1.62 bits per heavy atom. The standard InChI is InChI=1S/C22H23N3O4/c1-15(26)24-19(12-16-8-4-3-5-9-16)21(27)25-20(22(28)29-2)13-17-10-6-7-11-18(17)14-23/h3-11,19-20H,12-13H2,1-2H3,(H,24,26)(H,25,27)/t19-,20+/m0/s1. The van der Waals surface area contributed by atoms with Gasteiger partial charge in [-0.25, -0.2) is 4.79 Å². The Labute approximate surface area is 169 Å². The van der Waals surface area contributed by atoms with E-state index in [9.17, 15) is 19.6 Å². The van der Waals surface area contributed by atoms with E-state index in [1.807, 2.05) is 30.3 Å². The van der Waals surface area contributed by atoms with Gasteiger partial charge >= 0.3 is 5.97 Å². The Kier molecular flexibility index (Phi) is 7.92. The summed E-state index contributed by atoms with van der Waals surface area (Å²) in [7, 11) is 1.23. The molecule has 0 unspecified atom stereocenters. The molecule has 7 nitrogen and oxygen atoms in total. The highest BCUT2D eigenvalue weighted by Crippen LogP contribution is 2.12. The van der Waals surface area contributed by atoms with Crippen LogP contribution >= 0.6 is 0 Å². The van der Waals surface area contributed by atoms with Gasteiger partial charge in [0.2, 0.25) is 11.8 Å². The molecule has 2 N–H and O–H groups in total. The maximum absolute atomic E-state index is 12.9. The molecule has 0 saturated heterocycles. The normalized spacial score (nSPS) is 12.2. The topological polar surface area (TPSA) is 108 Å². The smallest absolute Gasteiger partial charge is 0.328 e. The molecule has 0 aromatic heterocycles. The molecule has 0 fully saturated rings. The van der Waals surface area contributed by atoms with Crippen molar-refractivity contribution >= 4 is 17.8 Å². The van der Waals surface area contributed by atoms with E-state index in [1.165, 1.54) is 14.0 Å². The molecule has 150 valence electrons. The number of benzene rings is 2. The summed E-state index contributed by atoms with van der Waals surface area (Å²) in [5.74, 6) is -1.49. The molecule has 0 spiro atoms. The number of carbonyl (C=O) groups excluding carboxylic acids is 3. The molecule has 2 aromatic rings. The summed E-state index contributed by atoms with van der Waals surface area (Å²) in [6.45, 7) is 1.33. The number of rotatable bonds is 8. The number of hydrogen-bond acceptors (Lipinski definition) is 5. The van der Waals surface area contributed by atoms with Gasteiger partial charge in [0, 0.05) is 19.8 Å². The fourth-order valence-electron chi connectivity index (χ4n) is 2.94. The van der Waals surface area contributed by atoms with Crippen molar-refractivity contribution in [2.75, 3.05) is 7.11 Å². The van der Waals surface area contributed by atoms with E-state index >= 15 is 0 Å². The second-order valence-corrected chi connectivity index (χ2v) is 6.50. The number of carbonyl (C=O) groups is 3. The van der Waals surface area contributed by atoms with Gasteiger partial charge < -0.3 is 15.4 Å². The van der Waals surface area contributed by atoms with Gasteiger partial charge in [-0.2, -0.15) is 5.26 Å². The Morgan fingerprint density at radius 1 is 0.966 bits per heavy atom. The molecule has 0 aliphatic heterocycles. The van der Waals surface area contributed by atoms with E-state index in [2.05, 4.69) is 16.7 Å². The molecule has 2 aromatic carbocycles. The summed E-state index contributed by atoms with van der Waals surface area (Å²) in [4.78, 5) is 36.7. The zero-order valence-corrected chi connectivity index (χ0v) is 16.3. The highest BCUT2D eigenvalue weighted by Gasteiger charge is 2.27. The molecule has 0 saturated carbocycles. The van der Waals surface area contributed by atoms with Gasteiger partial charge in [-0.3, -0.25) is 9.59 Å². The number of nitriles is 1. The minimum absolute atomic E-state index is 0.0975. The van der Waals surface area contributed by atoms with Crippen LogP contribution in [0.3, 0.4) is 0 Å². The molecular weight excluding hydrogens is 370 g/mol. The third-order valence-electron chi connectivity index (χ3n) is 4.34. The fraction of sp³-hybridized carbons (Fsp3) is 0.273. The van der Waals surface area contributed by atoms with Crippen LogP contribution in [0.1, 0.15) is 23.6 Å². The van der Waals surface area contributed by atoms with Gasteiger partial charge in [0.15, 0.2) is 0 Å². The average Bonchev–Trinajstić information content (AvgIpc) is 2.73. The molecule has 0 heterocycles. The molecule has 0 bridgehead atoms. The second-order valence-electron chi connectivity index (χ2n) is 6.50. The van der Waals surface area contributed by atoms with E-state index in [4.69, 9.17) is 4.74 Å². The molecule has 2 atom stereocenters. The van der Waals surface area contributed by atoms with Crippen molar-refractivity contribution in [2.45, 2.75) is 31.8 Å². The summed E-state index contributed by atoms with van der Waals surface area (Å²) < 4.78 is 4.81. The number of hydrogen-bond donors (Lipinski definition) is 2.